The number of rotatable bonds is 3. The number of halogens is 2. The van der Waals surface area contributed by atoms with Gasteiger partial charge in [-0.1, -0.05) is 59.7 Å². The monoisotopic (exact) mass is 446 g/mol. The predicted octanol–water partition coefficient (Wildman–Crippen LogP) is 6.80. The van der Waals surface area contributed by atoms with E-state index in [1.165, 1.54) is 0 Å². The second kappa shape index (κ2) is 7.60. The van der Waals surface area contributed by atoms with E-state index in [4.69, 9.17) is 21.4 Å². The summed E-state index contributed by atoms with van der Waals surface area (Å²) in [6, 6.07) is 19.5. The highest BCUT2D eigenvalue weighted by molar-refractivity contribution is 8.08. The molecule has 4 aromatic rings. The minimum Gasteiger partial charge on any atom is -0.237 e. The third kappa shape index (κ3) is 3.39. The predicted molar refractivity (Wildman–Crippen MR) is 121 cm³/mol. The maximum atomic E-state index is 12.4. The Labute approximate surface area is 177 Å². The van der Waals surface area contributed by atoms with Crippen LogP contribution in [0.15, 0.2) is 70.5 Å². The summed E-state index contributed by atoms with van der Waals surface area (Å²) < 4.78 is 24.8. The zero-order valence-corrected chi connectivity index (χ0v) is 18.3. The van der Waals surface area contributed by atoms with Gasteiger partial charge in [0.2, 0.25) is 0 Å². The number of hydrogen-bond donors (Lipinski definition) is 0. The van der Waals surface area contributed by atoms with Gasteiger partial charge in [0.25, 0.3) is 0 Å². The van der Waals surface area contributed by atoms with Gasteiger partial charge in [0.05, 0.1) is 9.79 Å². The lowest BCUT2D eigenvalue weighted by Gasteiger charge is -2.17. The molecular formula is C22H16Cl2O2S2. The van der Waals surface area contributed by atoms with Crippen LogP contribution in [0, 0.1) is 13.8 Å². The van der Waals surface area contributed by atoms with Crippen molar-refractivity contribution in [1.29, 1.82) is 0 Å². The van der Waals surface area contributed by atoms with E-state index < -0.39 is 20.0 Å². The first-order valence-corrected chi connectivity index (χ1v) is 12.5. The molecule has 2 atom stereocenters. The maximum absolute atomic E-state index is 12.4. The highest BCUT2D eigenvalue weighted by atomic mass is 35.7. The summed E-state index contributed by atoms with van der Waals surface area (Å²) in [4.78, 5) is 0.962. The molecule has 0 radical (unpaired) electrons. The second-order valence-corrected chi connectivity index (χ2v) is 10.2. The van der Waals surface area contributed by atoms with Crippen LogP contribution in [0.1, 0.15) is 11.1 Å². The van der Waals surface area contributed by atoms with Crippen molar-refractivity contribution in [2.24, 2.45) is 0 Å². The van der Waals surface area contributed by atoms with Crippen molar-refractivity contribution in [2.45, 2.75) is 23.6 Å². The molecule has 0 fully saturated rings. The molecule has 0 aliphatic rings. The lowest BCUT2D eigenvalue weighted by molar-refractivity contribution is 0.690. The van der Waals surface area contributed by atoms with Crippen LogP contribution in [0.3, 0.4) is 0 Å². The van der Waals surface area contributed by atoms with Crippen LogP contribution in [-0.4, -0.2) is 8.42 Å². The fourth-order valence-corrected chi connectivity index (χ4v) is 5.51. The topological polar surface area (TPSA) is 34.1 Å². The second-order valence-electron chi connectivity index (χ2n) is 6.77. The van der Waals surface area contributed by atoms with Crippen LogP contribution in [-0.2, 0) is 20.0 Å². The fraction of sp³-hybridized carbons (Fsp3) is 0.0909. The van der Waals surface area contributed by atoms with Crippen LogP contribution in [0.4, 0.5) is 0 Å². The van der Waals surface area contributed by atoms with Crippen LogP contribution in [0.2, 0.25) is 0 Å². The summed E-state index contributed by atoms with van der Waals surface area (Å²) >= 11 is 0. The molecule has 0 spiro atoms. The molecule has 0 aliphatic carbocycles. The summed E-state index contributed by atoms with van der Waals surface area (Å²) in [5.41, 5.74) is 3.66. The normalized spacial score (nSPS) is 13.7. The quantitative estimate of drug-likeness (QED) is 0.324. The van der Waals surface area contributed by atoms with Crippen molar-refractivity contribution in [3.8, 4) is 11.1 Å². The Kier molecular flexibility index (Phi) is 5.32. The van der Waals surface area contributed by atoms with Gasteiger partial charge in [0.1, 0.15) is 20.0 Å². The van der Waals surface area contributed by atoms with E-state index in [2.05, 4.69) is 12.1 Å². The molecule has 28 heavy (non-hydrogen) atoms. The minimum absolute atomic E-state index is 0.481. The van der Waals surface area contributed by atoms with E-state index in [0.29, 0.717) is 20.9 Å². The molecule has 0 saturated heterocycles. The molecule has 0 aromatic heterocycles. The van der Waals surface area contributed by atoms with Crippen molar-refractivity contribution in [3.05, 3.63) is 71.8 Å². The average molecular weight is 447 g/mol. The molecule has 6 heteroatoms. The molecule has 0 aliphatic heterocycles. The lowest BCUT2D eigenvalue weighted by atomic mass is 9.92. The molecule has 0 bridgehead atoms. The average Bonchev–Trinajstić information content (AvgIpc) is 2.65. The third-order valence-corrected chi connectivity index (χ3v) is 7.24. The standard InChI is InChI=1S/C22H16Cl2O2S2/c1-13-3-7-17-15(11-13)5-9-19(27(23)25)21(17)22-18-8-4-14(2)12-16(18)6-10-20(22)28(24)26/h3-12H,1-2H3. The molecule has 4 aromatic carbocycles. The number of hydrogen-bond acceptors (Lipinski definition) is 2. The largest absolute Gasteiger partial charge is 0.237 e. The van der Waals surface area contributed by atoms with Gasteiger partial charge < -0.3 is 0 Å². The van der Waals surface area contributed by atoms with Crippen molar-refractivity contribution >= 4 is 62.9 Å². The van der Waals surface area contributed by atoms with E-state index in [1.807, 2.05) is 50.2 Å². The highest BCUT2D eigenvalue weighted by Crippen LogP contribution is 2.42. The van der Waals surface area contributed by atoms with Gasteiger partial charge in [-0.05, 0) is 68.9 Å². The SMILES string of the molecule is Cc1ccc2c(-c3c(S(=O)Cl)ccc4cc(C)ccc34)c(S(=O)Cl)ccc2c1. The Morgan fingerprint density at radius 2 is 1.00 bits per heavy atom. The Morgan fingerprint density at radius 3 is 1.36 bits per heavy atom. The molecule has 0 amide bonds. The molecule has 142 valence electrons. The summed E-state index contributed by atoms with van der Waals surface area (Å²) in [5, 5.41) is 3.79. The maximum Gasteiger partial charge on any atom is 0.148 e. The lowest BCUT2D eigenvalue weighted by Crippen LogP contribution is -1.97. The van der Waals surface area contributed by atoms with Gasteiger partial charge in [0.15, 0.2) is 0 Å². The van der Waals surface area contributed by atoms with E-state index >= 15 is 0 Å². The van der Waals surface area contributed by atoms with Crippen LogP contribution in [0.25, 0.3) is 32.7 Å². The Balaban J connectivity index is 2.25. The molecule has 2 unspecified atom stereocenters. The van der Waals surface area contributed by atoms with Crippen LogP contribution >= 0.6 is 21.4 Å². The van der Waals surface area contributed by atoms with E-state index in [9.17, 15) is 8.42 Å². The molecule has 0 saturated carbocycles. The van der Waals surface area contributed by atoms with Crippen molar-refractivity contribution in [1.82, 2.24) is 0 Å². The van der Waals surface area contributed by atoms with Gasteiger partial charge in [-0.2, -0.15) is 0 Å². The Hall–Kier alpha value is -1.72. The van der Waals surface area contributed by atoms with Gasteiger partial charge >= 0.3 is 0 Å². The number of fused-ring (bicyclic) bond motifs is 2. The van der Waals surface area contributed by atoms with E-state index in [-0.39, 0.29) is 0 Å². The first-order chi connectivity index (χ1) is 13.4. The third-order valence-electron chi connectivity index (χ3n) is 4.87. The van der Waals surface area contributed by atoms with Crippen molar-refractivity contribution in [3.63, 3.8) is 0 Å². The molecule has 2 nitrogen and oxygen atoms in total. The fourth-order valence-electron chi connectivity index (χ4n) is 3.64. The Morgan fingerprint density at radius 1 is 0.607 bits per heavy atom. The first-order valence-electron chi connectivity index (χ1n) is 8.60. The molecule has 0 heterocycles. The summed E-state index contributed by atoms with van der Waals surface area (Å²) in [6.45, 7) is 4.04. The summed E-state index contributed by atoms with van der Waals surface area (Å²) in [6.07, 6.45) is 0. The zero-order valence-electron chi connectivity index (χ0n) is 15.2. The molecular weight excluding hydrogens is 431 g/mol. The van der Waals surface area contributed by atoms with Crippen molar-refractivity contribution < 1.29 is 8.42 Å². The van der Waals surface area contributed by atoms with Crippen LogP contribution in [0.5, 0.6) is 0 Å². The zero-order chi connectivity index (χ0) is 20.0. The van der Waals surface area contributed by atoms with Crippen molar-refractivity contribution in [2.75, 3.05) is 0 Å². The summed E-state index contributed by atoms with van der Waals surface area (Å²) in [5.74, 6) is 0. The molecule has 0 N–H and O–H groups in total. The minimum atomic E-state index is -1.74. The number of aryl methyl sites for hydroxylation is 2. The van der Waals surface area contributed by atoms with Gasteiger partial charge in [-0.25, -0.2) is 8.42 Å². The summed E-state index contributed by atoms with van der Waals surface area (Å²) in [7, 11) is 8.64. The Bertz CT molecular complexity index is 1200. The van der Waals surface area contributed by atoms with Gasteiger partial charge in [0, 0.05) is 11.1 Å². The van der Waals surface area contributed by atoms with Gasteiger partial charge in [-0.3, -0.25) is 0 Å². The van der Waals surface area contributed by atoms with E-state index in [0.717, 1.165) is 32.7 Å². The smallest absolute Gasteiger partial charge is 0.148 e. The number of benzene rings is 4. The van der Waals surface area contributed by atoms with Crippen LogP contribution < -0.4 is 0 Å². The first kappa shape index (κ1) is 19.6. The molecule has 4 rings (SSSR count). The van der Waals surface area contributed by atoms with Gasteiger partial charge in [-0.15, -0.1) is 0 Å². The van der Waals surface area contributed by atoms with E-state index in [1.54, 1.807) is 12.1 Å². The highest BCUT2D eigenvalue weighted by Gasteiger charge is 2.21.